The van der Waals surface area contributed by atoms with E-state index in [1.165, 1.54) is 14.2 Å². The molecule has 0 radical (unpaired) electrons. The van der Waals surface area contributed by atoms with Crippen LogP contribution in [-0.2, 0) is 19.1 Å². The monoisotopic (exact) mass is 724 g/mol. The topological polar surface area (TPSA) is 175 Å². The molecule has 2 aromatic carbocycles. The Morgan fingerprint density at radius 3 is 2.04 bits per heavy atom. The number of aromatic nitrogens is 4. The Balaban J connectivity index is 1.17. The number of aromatic amines is 2. The third-order valence-corrected chi connectivity index (χ3v) is 10.2. The highest BCUT2D eigenvalue weighted by atomic mass is 16.5. The Bertz CT molecular complexity index is 2000. The Kier molecular flexibility index (Phi) is 10.9. The Morgan fingerprint density at radius 2 is 1.42 bits per heavy atom. The van der Waals surface area contributed by atoms with Crippen LogP contribution in [0.25, 0.3) is 33.4 Å². The Hall–Kier alpha value is -5.66. The van der Waals surface area contributed by atoms with Gasteiger partial charge in [0, 0.05) is 13.1 Å². The van der Waals surface area contributed by atoms with Crippen molar-refractivity contribution in [2.75, 3.05) is 27.3 Å². The van der Waals surface area contributed by atoms with E-state index in [1.807, 2.05) is 69.0 Å². The number of likely N-dealkylation sites (tertiary alicyclic amines) is 2. The molecule has 14 heteroatoms. The van der Waals surface area contributed by atoms with Crippen LogP contribution < -0.4 is 10.6 Å². The minimum absolute atomic E-state index is 0.114. The summed E-state index contributed by atoms with van der Waals surface area (Å²) in [5.41, 5.74) is 6.29. The van der Waals surface area contributed by atoms with E-state index in [0.717, 1.165) is 57.7 Å². The number of methoxy groups -OCH3 is 2. The lowest BCUT2D eigenvalue weighted by Crippen LogP contribution is -2.51. The van der Waals surface area contributed by atoms with Gasteiger partial charge >= 0.3 is 12.2 Å². The van der Waals surface area contributed by atoms with Crippen LogP contribution in [-0.4, -0.2) is 93.1 Å². The molecule has 2 aliphatic heterocycles. The molecule has 53 heavy (non-hydrogen) atoms. The third kappa shape index (κ3) is 7.62. The molecule has 4 heterocycles. The average Bonchev–Trinajstić information content (AvgIpc) is 3.97. The van der Waals surface area contributed by atoms with Gasteiger partial charge < -0.3 is 39.9 Å². The number of nitrogens with zero attached hydrogens (tertiary/aromatic N) is 4. The minimum atomic E-state index is -0.744. The molecule has 0 spiro atoms. The minimum Gasteiger partial charge on any atom is -0.453 e. The van der Waals surface area contributed by atoms with Crippen LogP contribution in [0.15, 0.2) is 60.8 Å². The predicted octanol–water partition coefficient (Wildman–Crippen LogP) is 5.87. The molecule has 6 rings (SSSR count). The van der Waals surface area contributed by atoms with Crippen LogP contribution in [0.2, 0.25) is 0 Å². The largest absolute Gasteiger partial charge is 0.453 e. The number of nitrogens with one attached hydrogen (secondary N) is 4. The highest BCUT2D eigenvalue weighted by Crippen LogP contribution is 2.37. The van der Waals surface area contributed by atoms with Gasteiger partial charge in [0.05, 0.1) is 43.2 Å². The maximum Gasteiger partial charge on any atom is 0.407 e. The van der Waals surface area contributed by atoms with Crippen molar-refractivity contribution in [3.63, 3.8) is 0 Å². The van der Waals surface area contributed by atoms with Gasteiger partial charge in [0.25, 0.3) is 0 Å². The summed E-state index contributed by atoms with van der Waals surface area (Å²) >= 11 is 0. The van der Waals surface area contributed by atoms with Crippen LogP contribution in [0, 0.1) is 11.8 Å². The molecule has 4 atom stereocenters. The van der Waals surface area contributed by atoms with Gasteiger partial charge in [-0.1, -0.05) is 64.6 Å². The second kappa shape index (κ2) is 15.5. The molecule has 2 aliphatic rings. The zero-order valence-corrected chi connectivity index (χ0v) is 31.1. The average molecular weight is 725 g/mol. The van der Waals surface area contributed by atoms with E-state index >= 15 is 0 Å². The van der Waals surface area contributed by atoms with E-state index in [0.29, 0.717) is 25.3 Å². The van der Waals surface area contributed by atoms with E-state index in [9.17, 15) is 19.2 Å². The van der Waals surface area contributed by atoms with Crippen LogP contribution in [0.1, 0.15) is 70.7 Å². The summed E-state index contributed by atoms with van der Waals surface area (Å²) in [5, 5.41) is 5.37. The zero-order valence-electron chi connectivity index (χ0n) is 31.1. The van der Waals surface area contributed by atoms with Crippen LogP contribution >= 0.6 is 0 Å². The molecule has 4 N–H and O–H groups in total. The van der Waals surface area contributed by atoms with E-state index in [2.05, 4.69) is 38.2 Å². The number of amides is 4. The third-order valence-electron chi connectivity index (χ3n) is 10.2. The van der Waals surface area contributed by atoms with Crippen molar-refractivity contribution in [1.29, 1.82) is 0 Å². The first-order chi connectivity index (χ1) is 25.4. The molecule has 0 unspecified atom stereocenters. The van der Waals surface area contributed by atoms with Gasteiger partial charge in [0.15, 0.2) is 0 Å². The van der Waals surface area contributed by atoms with Crippen molar-refractivity contribution in [3.05, 3.63) is 72.5 Å². The second-order valence-electron chi connectivity index (χ2n) is 14.4. The number of hydrogen-bond donors (Lipinski definition) is 4. The van der Waals surface area contributed by atoms with Crippen molar-refractivity contribution in [3.8, 4) is 22.4 Å². The fourth-order valence-electron chi connectivity index (χ4n) is 7.23. The smallest absolute Gasteiger partial charge is 0.407 e. The number of carbonyl (C=O) groups is 4. The van der Waals surface area contributed by atoms with E-state index in [4.69, 9.17) is 14.5 Å². The zero-order chi connectivity index (χ0) is 38.0. The highest BCUT2D eigenvalue weighted by molar-refractivity contribution is 5.88. The van der Waals surface area contributed by atoms with Gasteiger partial charge in [-0.15, -0.1) is 0 Å². The van der Waals surface area contributed by atoms with Gasteiger partial charge in [-0.25, -0.2) is 19.6 Å². The van der Waals surface area contributed by atoms with Crippen molar-refractivity contribution in [1.82, 2.24) is 40.4 Å². The quantitative estimate of drug-likeness (QED) is 0.147. The van der Waals surface area contributed by atoms with E-state index in [1.54, 1.807) is 11.1 Å². The van der Waals surface area contributed by atoms with Crippen LogP contribution in [0.3, 0.4) is 0 Å². The van der Waals surface area contributed by atoms with Crippen molar-refractivity contribution in [2.45, 2.75) is 71.1 Å². The molecule has 280 valence electrons. The number of H-pyrrole nitrogens is 2. The number of rotatable bonds is 10. The molecular formula is C39H48N8O6. The number of ether oxygens (including phenoxy) is 2. The molecular weight excluding hydrogens is 676 g/mol. The molecule has 14 nitrogen and oxygen atoms in total. The first-order valence-electron chi connectivity index (χ1n) is 18.0. The lowest BCUT2D eigenvalue weighted by Gasteiger charge is -2.30. The number of benzene rings is 2. The first-order valence-corrected chi connectivity index (χ1v) is 18.0. The number of alkyl carbamates (subject to hydrolysis) is 2. The van der Waals surface area contributed by atoms with Gasteiger partial charge in [-0.2, -0.15) is 0 Å². The van der Waals surface area contributed by atoms with Crippen molar-refractivity contribution in [2.24, 2.45) is 11.8 Å². The van der Waals surface area contributed by atoms with E-state index in [-0.39, 0.29) is 29.7 Å². The van der Waals surface area contributed by atoms with Gasteiger partial charge in [-0.05, 0) is 65.5 Å². The van der Waals surface area contributed by atoms with Gasteiger partial charge in [0.1, 0.15) is 29.8 Å². The van der Waals surface area contributed by atoms with Crippen LogP contribution in [0.4, 0.5) is 9.59 Å². The maximum absolute atomic E-state index is 13.6. The lowest BCUT2D eigenvalue weighted by atomic mass is 10.0. The Labute approximate surface area is 308 Å². The molecule has 2 saturated heterocycles. The standard InChI is InChI=1S/C39H48N8O6/c1-21(2)31(44-38(50)52-6)36(48)46-17-8-9-30(46)34-41-27-15-14-26(19-28(27)42-34)24-10-12-25(13-11-24)29-20-40-35(43-29)33-23(5)16-18-47(33)37(49)32(22(3)4)45-39(51)53-7/h10-15,19-22,30-33H,5,8-9,16-18H2,1-4,6-7H3,(H,40,43)(H,41,42)(H,44,50)(H,45,51)/t30-,31-,32-,33-/m0/s1. The summed E-state index contributed by atoms with van der Waals surface area (Å²) in [7, 11) is 2.56. The summed E-state index contributed by atoms with van der Waals surface area (Å²) in [4.78, 5) is 71.1. The number of hydrogen-bond acceptors (Lipinski definition) is 8. The summed E-state index contributed by atoms with van der Waals surface area (Å²) in [6.07, 6.45) is 2.72. The fraction of sp³-hybridized carbons (Fsp3) is 0.436. The second-order valence-corrected chi connectivity index (χ2v) is 14.4. The molecule has 0 aliphatic carbocycles. The SMILES string of the molecule is C=C1CCN(C(=O)[C@@H](NC(=O)OC)C(C)C)[C@@H]1c1ncc(-c2ccc(-c3ccc4nc([C@@H]5CCCN5C(=O)[C@@H](NC(=O)OC)C(C)C)[nH]c4c3)cc2)[nH]1. The number of imidazole rings is 2. The number of fused-ring (bicyclic) bond motifs is 1. The summed E-state index contributed by atoms with van der Waals surface area (Å²) in [5.74, 6) is 0.718. The lowest BCUT2D eigenvalue weighted by molar-refractivity contribution is -0.136. The van der Waals surface area contributed by atoms with Crippen LogP contribution in [0.5, 0.6) is 0 Å². The summed E-state index contributed by atoms with van der Waals surface area (Å²) in [6, 6.07) is 12.1. The molecule has 0 bridgehead atoms. The summed E-state index contributed by atoms with van der Waals surface area (Å²) < 4.78 is 9.51. The van der Waals surface area contributed by atoms with Gasteiger partial charge in [-0.3, -0.25) is 9.59 Å². The molecule has 4 aromatic rings. The van der Waals surface area contributed by atoms with E-state index < -0.39 is 30.3 Å². The van der Waals surface area contributed by atoms with Crippen molar-refractivity contribution >= 4 is 35.0 Å². The molecule has 2 fully saturated rings. The highest BCUT2D eigenvalue weighted by Gasteiger charge is 2.40. The predicted molar refractivity (Wildman–Crippen MR) is 199 cm³/mol. The van der Waals surface area contributed by atoms with Crippen molar-refractivity contribution < 1.29 is 28.7 Å². The number of carbonyl (C=O) groups excluding carboxylic acids is 4. The Morgan fingerprint density at radius 1 is 0.811 bits per heavy atom. The fourth-order valence-corrected chi connectivity index (χ4v) is 7.23. The summed E-state index contributed by atoms with van der Waals surface area (Å²) in [6.45, 7) is 12.8. The maximum atomic E-state index is 13.6. The molecule has 2 aromatic heterocycles. The first kappa shape index (κ1) is 37.1. The molecule has 0 saturated carbocycles. The van der Waals surface area contributed by atoms with Gasteiger partial charge in [0.2, 0.25) is 11.8 Å². The molecule has 4 amide bonds. The normalized spacial score (nSPS) is 18.5.